The van der Waals surface area contributed by atoms with Crippen LogP contribution >= 0.6 is 0 Å². The van der Waals surface area contributed by atoms with Crippen molar-refractivity contribution in [1.82, 2.24) is 15.0 Å². The Kier molecular flexibility index (Phi) is 5.92. The van der Waals surface area contributed by atoms with Crippen molar-refractivity contribution < 1.29 is 19.0 Å². The highest BCUT2D eigenvalue weighted by molar-refractivity contribution is 5.78. The zero-order valence-electron chi connectivity index (χ0n) is 17.1. The largest absolute Gasteiger partial charge is 0.484 e. The first-order valence-electron chi connectivity index (χ1n) is 10.1. The van der Waals surface area contributed by atoms with Crippen LogP contribution in [0.5, 0.6) is 5.75 Å². The number of carbonyl (C=O) groups is 1. The van der Waals surface area contributed by atoms with Gasteiger partial charge in [0.25, 0.3) is 17.5 Å². The molecule has 2 heterocycles. The number of piperidine rings is 1. The first-order valence-corrected chi connectivity index (χ1v) is 10.1. The summed E-state index contributed by atoms with van der Waals surface area (Å²) in [4.78, 5) is 28.9. The van der Waals surface area contributed by atoms with Crippen molar-refractivity contribution in [1.29, 1.82) is 0 Å². The van der Waals surface area contributed by atoms with Gasteiger partial charge in [-0.2, -0.15) is 4.98 Å². The molecule has 0 spiro atoms. The van der Waals surface area contributed by atoms with E-state index in [1.54, 1.807) is 30.3 Å². The zero-order valence-corrected chi connectivity index (χ0v) is 17.1. The molecule has 2 aromatic carbocycles. The minimum atomic E-state index is -0.467. The fourth-order valence-corrected chi connectivity index (χ4v) is 3.40. The molecule has 0 aliphatic carbocycles. The Morgan fingerprint density at radius 2 is 1.94 bits per heavy atom. The molecular formula is C22H22N4O5. The highest BCUT2D eigenvalue weighted by Crippen LogP contribution is 2.26. The second-order valence-corrected chi connectivity index (χ2v) is 7.61. The van der Waals surface area contributed by atoms with Crippen LogP contribution in [0.1, 0.15) is 19.8 Å². The summed E-state index contributed by atoms with van der Waals surface area (Å²) >= 11 is 0. The van der Waals surface area contributed by atoms with E-state index in [-0.39, 0.29) is 24.1 Å². The van der Waals surface area contributed by atoms with Crippen LogP contribution in [0.4, 0.5) is 5.69 Å². The maximum Gasteiger partial charge on any atom is 0.269 e. The third-order valence-electron chi connectivity index (χ3n) is 5.34. The van der Waals surface area contributed by atoms with E-state index in [4.69, 9.17) is 9.26 Å². The van der Waals surface area contributed by atoms with Crippen LogP contribution in [0.25, 0.3) is 22.8 Å². The monoisotopic (exact) mass is 422 g/mol. The number of benzene rings is 2. The van der Waals surface area contributed by atoms with Gasteiger partial charge in [-0.1, -0.05) is 24.2 Å². The second kappa shape index (κ2) is 8.95. The first-order chi connectivity index (χ1) is 15.0. The molecule has 0 atom stereocenters. The standard InChI is InChI=1S/C22H22N4O5/c1-15-9-11-25(12-10-15)20(27)14-30-19-4-2-3-17(13-19)21-23-22(31-24-21)16-5-7-18(8-6-16)26(28)29/h2-8,13,15H,9-12,14H2,1H3. The van der Waals surface area contributed by atoms with Crippen molar-refractivity contribution in [3.8, 4) is 28.6 Å². The fourth-order valence-electron chi connectivity index (χ4n) is 3.40. The maximum absolute atomic E-state index is 12.4. The van der Waals surface area contributed by atoms with E-state index in [1.165, 1.54) is 12.1 Å². The number of ether oxygens (including phenoxy) is 1. The van der Waals surface area contributed by atoms with E-state index in [0.717, 1.165) is 25.9 Å². The molecule has 1 saturated heterocycles. The van der Waals surface area contributed by atoms with Crippen LogP contribution in [0.2, 0.25) is 0 Å². The van der Waals surface area contributed by atoms with Crippen molar-refractivity contribution in [2.24, 2.45) is 5.92 Å². The highest BCUT2D eigenvalue weighted by Gasteiger charge is 2.20. The lowest BCUT2D eigenvalue weighted by Gasteiger charge is -2.30. The molecule has 9 heteroatoms. The van der Waals surface area contributed by atoms with Crippen molar-refractivity contribution in [2.75, 3.05) is 19.7 Å². The molecule has 0 unspecified atom stereocenters. The fraction of sp³-hybridized carbons (Fsp3) is 0.318. The number of hydrogen-bond donors (Lipinski definition) is 0. The lowest BCUT2D eigenvalue weighted by Crippen LogP contribution is -2.40. The van der Waals surface area contributed by atoms with Gasteiger partial charge in [0.1, 0.15) is 5.75 Å². The molecular weight excluding hydrogens is 400 g/mol. The molecule has 0 saturated carbocycles. The minimum Gasteiger partial charge on any atom is -0.484 e. The van der Waals surface area contributed by atoms with E-state index in [1.807, 2.05) is 11.0 Å². The van der Waals surface area contributed by atoms with E-state index in [9.17, 15) is 14.9 Å². The molecule has 1 aromatic heterocycles. The number of amides is 1. The van der Waals surface area contributed by atoms with Crippen molar-refractivity contribution in [3.05, 3.63) is 58.6 Å². The van der Waals surface area contributed by atoms with Crippen molar-refractivity contribution in [2.45, 2.75) is 19.8 Å². The smallest absolute Gasteiger partial charge is 0.269 e. The number of nitro groups is 1. The summed E-state index contributed by atoms with van der Waals surface area (Å²) < 4.78 is 11.0. The number of nitro benzene ring substituents is 1. The van der Waals surface area contributed by atoms with Gasteiger partial charge in [0.05, 0.1) is 4.92 Å². The van der Waals surface area contributed by atoms with Crippen LogP contribution in [-0.2, 0) is 4.79 Å². The van der Waals surface area contributed by atoms with Crippen LogP contribution in [0.15, 0.2) is 53.1 Å². The average Bonchev–Trinajstić information content (AvgIpc) is 3.29. The Labute approximate surface area is 178 Å². The average molecular weight is 422 g/mol. The highest BCUT2D eigenvalue weighted by atomic mass is 16.6. The predicted molar refractivity (Wildman–Crippen MR) is 112 cm³/mol. The van der Waals surface area contributed by atoms with Gasteiger partial charge in [0.15, 0.2) is 6.61 Å². The van der Waals surface area contributed by atoms with Gasteiger partial charge in [-0.3, -0.25) is 14.9 Å². The molecule has 4 rings (SSSR count). The van der Waals surface area contributed by atoms with Gasteiger partial charge < -0.3 is 14.2 Å². The Bertz CT molecular complexity index is 1070. The summed E-state index contributed by atoms with van der Waals surface area (Å²) in [7, 11) is 0. The number of hydrogen-bond acceptors (Lipinski definition) is 7. The molecule has 1 fully saturated rings. The summed E-state index contributed by atoms with van der Waals surface area (Å²) in [5.41, 5.74) is 1.24. The number of nitrogens with zero attached hydrogens (tertiary/aromatic N) is 4. The minimum absolute atomic E-state index is 0.0121. The normalized spacial score (nSPS) is 14.4. The first kappa shape index (κ1) is 20.5. The Morgan fingerprint density at radius 1 is 1.19 bits per heavy atom. The molecule has 0 bridgehead atoms. The molecule has 0 radical (unpaired) electrons. The summed E-state index contributed by atoms with van der Waals surface area (Å²) in [6.45, 7) is 3.74. The zero-order chi connectivity index (χ0) is 21.8. The SMILES string of the molecule is CC1CCN(C(=O)COc2cccc(-c3noc(-c4ccc([N+](=O)[O-])cc4)n3)c2)CC1. The van der Waals surface area contributed by atoms with Crippen LogP contribution in [0, 0.1) is 16.0 Å². The molecule has 1 amide bonds. The van der Waals surface area contributed by atoms with Crippen LogP contribution in [0.3, 0.4) is 0 Å². The maximum atomic E-state index is 12.4. The molecule has 160 valence electrons. The van der Waals surface area contributed by atoms with Gasteiger partial charge in [-0.05, 0) is 43.0 Å². The van der Waals surface area contributed by atoms with Crippen molar-refractivity contribution in [3.63, 3.8) is 0 Å². The van der Waals surface area contributed by atoms with Gasteiger partial charge in [-0.25, -0.2) is 0 Å². The van der Waals surface area contributed by atoms with E-state index in [2.05, 4.69) is 17.1 Å². The Balaban J connectivity index is 1.41. The van der Waals surface area contributed by atoms with Gasteiger partial charge >= 0.3 is 0 Å². The second-order valence-electron chi connectivity index (χ2n) is 7.61. The number of non-ortho nitro benzene ring substituents is 1. The Hall–Kier alpha value is -3.75. The van der Waals surface area contributed by atoms with E-state index >= 15 is 0 Å². The van der Waals surface area contributed by atoms with Gasteiger partial charge in [0, 0.05) is 36.3 Å². The summed E-state index contributed by atoms with van der Waals surface area (Å²) in [6.07, 6.45) is 2.05. The summed E-state index contributed by atoms with van der Waals surface area (Å²) in [5, 5.41) is 14.8. The molecule has 9 nitrogen and oxygen atoms in total. The molecule has 3 aromatic rings. The van der Waals surface area contributed by atoms with E-state index < -0.39 is 4.92 Å². The quantitative estimate of drug-likeness (QED) is 0.437. The lowest BCUT2D eigenvalue weighted by molar-refractivity contribution is -0.384. The number of rotatable bonds is 6. The molecule has 1 aliphatic heterocycles. The third kappa shape index (κ3) is 4.88. The Morgan fingerprint density at radius 3 is 2.65 bits per heavy atom. The number of carbonyl (C=O) groups excluding carboxylic acids is 1. The summed E-state index contributed by atoms with van der Waals surface area (Å²) in [5.74, 6) is 1.80. The summed E-state index contributed by atoms with van der Waals surface area (Å²) in [6, 6.07) is 13.0. The van der Waals surface area contributed by atoms with Crippen LogP contribution < -0.4 is 4.74 Å². The molecule has 1 aliphatic rings. The van der Waals surface area contributed by atoms with Crippen LogP contribution in [-0.4, -0.2) is 45.6 Å². The van der Waals surface area contributed by atoms with E-state index in [0.29, 0.717) is 28.6 Å². The molecule has 0 N–H and O–H groups in total. The third-order valence-corrected chi connectivity index (χ3v) is 5.34. The lowest BCUT2D eigenvalue weighted by atomic mass is 9.99. The van der Waals surface area contributed by atoms with Crippen molar-refractivity contribution >= 4 is 11.6 Å². The molecule has 31 heavy (non-hydrogen) atoms. The number of aromatic nitrogens is 2. The number of likely N-dealkylation sites (tertiary alicyclic amines) is 1. The predicted octanol–water partition coefficient (Wildman–Crippen LogP) is 3.95. The van der Waals surface area contributed by atoms with Gasteiger partial charge in [0.2, 0.25) is 5.82 Å². The van der Waals surface area contributed by atoms with Gasteiger partial charge in [-0.15, -0.1) is 0 Å². The topological polar surface area (TPSA) is 112 Å².